The fourth-order valence-corrected chi connectivity index (χ4v) is 2.85. The molecule has 1 aromatic carbocycles. The van der Waals surface area contributed by atoms with Crippen molar-refractivity contribution in [1.29, 1.82) is 0 Å². The van der Waals surface area contributed by atoms with E-state index in [-0.39, 0.29) is 10.6 Å². The predicted molar refractivity (Wildman–Crippen MR) is 77.6 cm³/mol. The molecule has 2 fully saturated rings. The minimum absolute atomic E-state index is 0.177. The van der Waals surface area contributed by atoms with Crippen molar-refractivity contribution in [2.24, 2.45) is 0 Å². The zero-order chi connectivity index (χ0) is 13.9. The first kappa shape index (κ1) is 13.2. The van der Waals surface area contributed by atoms with E-state index in [2.05, 4.69) is 15.9 Å². The van der Waals surface area contributed by atoms with Crippen LogP contribution in [-0.2, 0) is 4.74 Å². The molecule has 108 valence electrons. The normalized spacial score (nSPS) is 19.4. The van der Waals surface area contributed by atoms with Gasteiger partial charge in [0.2, 0.25) is 0 Å². The van der Waals surface area contributed by atoms with E-state index < -0.39 is 0 Å². The summed E-state index contributed by atoms with van der Waals surface area (Å²) in [5.41, 5.74) is 2.08. The molecule has 0 N–H and O–H groups in total. The second-order valence-corrected chi connectivity index (χ2v) is 5.26. The molecular weight excluding hydrogens is 258 g/mol. The van der Waals surface area contributed by atoms with Crippen molar-refractivity contribution in [3.8, 4) is 0 Å². The predicted octanol–water partition coefficient (Wildman–Crippen LogP) is 2.03. The van der Waals surface area contributed by atoms with Crippen LogP contribution in [0.5, 0.6) is 0 Å². The molecule has 6 nitrogen and oxygen atoms in total. The Morgan fingerprint density at radius 2 is 1.50 bits per heavy atom. The number of benzene rings is 1. The number of rotatable bonds is 3. The number of hydrogen-bond donors (Lipinski definition) is 0. The van der Waals surface area contributed by atoms with Gasteiger partial charge in [-0.15, -0.1) is 0 Å². The Bertz CT molecular complexity index is 494. The quantitative estimate of drug-likeness (QED) is 0.625. The zero-order valence-electron chi connectivity index (χ0n) is 11.5. The Balaban J connectivity index is 1.93. The van der Waals surface area contributed by atoms with Gasteiger partial charge >= 0.3 is 0 Å². The molecular formula is C14H19N3O3. The average Bonchev–Trinajstić information content (AvgIpc) is 3.02. The summed E-state index contributed by atoms with van der Waals surface area (Å²) in [6, 6.07) is 5.43. The van der Waals surface area contributed by atoms with Crippen molar-refractivity contribution in [3.63, 3.8) is 0 Å². The van der Waals surface area contributed by atoms with Gasteiger partial charge in [-0.3, -0.25) is 10.1 Å². The maximum Gasteiger partial charge on any atom is 0.273 e. The van der Waals surface area contributed by atoms with Crippen LogP contribution >= 0.6 is 0 Å². The van der Waals surface area contributed by atoms with Gasteiger partial charge in [-0.05, 0) is 18.9 Å². The number of hydrogen-bond acceptors (Lipinski definition) is 5. The van der Waals surface area contributed by atoms with Gasteiger partial charge < -0.3 is 14.5 Å². The first-order valence-electron chi connectivity index (χ1n) is 7.11. The van der Waals surface area contributed by atoms with Gasteiger partial charge in [-0.25, -0.2) is 0 Å². The molecule has 0 aromatic heterocycles. The number of ether oxygens (including phenoxy) is 1. The molecule has 2 aliphatic heterocycles. The molecule has 20 heavy (non-hydrogen) atoms. The summed E-state index contributed by atoms with van der Waals surface area (Å²) in [4.78, 5) is 15.2. The molecule has 0 aliphatic carbocycles. The van der Waals surface area contributed by atoms with Gasteiger partial charge in [-0.1, -0.05) is 0 Å². The zero-order valence-corrected chi connectivity index (χ0v) is 11.5. The van der Waals surface area contributed by atoms with Crippen molar-refractivity contribution in [2.75, 3.05) is 49.2 Å². The first-order valence-corrected chi connectivity index (χ1v) is 7.11. The minimum atomic E-state index is -0.302. The monoisotopic (exact) mass is 277 g/mol. The van der Waals surface area contributed by atoms with E-state index in [0.717, 1.165) is 50.4 Å². The maximum atomic E-state index is 11.1. The number of nitro groups is 1. The molecule has 2 aliphatic rings. The van der Waals surface area contributed by atoms with Crippen LogP contribution in [0.25, 0.3) is 0 Å². The van der Waals surface area contributed by atoms with E-state index in [1.807, 2.05) is 0 Å². The third-order valence-electron chi connectivity index (χ3n) is 3.95. The molecule has 1 aromatic rings. The molecule has 6 heteroatoms. The lowest BCUT2D eigenvalue weighted by Crippen LogP contribution is -2.36. The molecule has 0 bridgehead atoms. The summed E-state index contributed by atoms with van der Waals surface area (Å²) >= 11 is 0. The summed E-state index contributed by atoms with van der Waals surface area (Å²) in [7, 11) is 0. The molecule has 2 saturated heterocycles. The fraction of sp³-hybridized carbons (Fsp3) is 0.571. The lowest BCUT2D eigenvalue weighted by Gasteiger charge is -2.29. The molecule has 0 saturated carbocycles. The topological polar surface area (TPSA) is 58.9 Å². The highest BCUT2D eigenvalue weighted by Gasteiger charge is 2.20. The molecule has 3 rings (SSSR count). The molecule has 2 heterocycles. The summed E-state index contributed by atoms with van der Waals surface area (Å²) in [5.74, 6) is 0. The number of anilines is 2. The Morgan fingerprint density at radius 3 is 2.05 bits per heavy atom. The van der Waals surface area contributed by atoms with Gasteiger partial charge in [0.05, 0.1) is 18.1 Å². The third-order valence-corrected chi connectivity index (χ3v) is 3.95. The van der Waals surface area contributed by atoms with E-state index in [1.165, 1.54) is 0 Å². The fourth-order valence-electron chi connectivity index (χ4n) is 2.85. The van der Waals surface area contributed by atoms with E-state index >= 15 is 0 Å². The number of non-ortho nitro benzene ring substituents is 1. The van der Waals surface area contributed by atoms with Crippen LogP contribution in [0.1, 0.15) is 12.8 Å². The number of morpholine rings is 1. The van der Waals surface area contributed by atoms with Crippen molar-refractivity contribution < 1.29 is 9.66 Å². The third kappa shape index (κ3) is 2.70. The van der Waals surface area contributed by atoms with E-state index in [1.54, 1.807) is 12.1 Å². The second-order valence-electron chi connectivity index (χ2n) is 5.26. The average molecular weight is 277 g/mol. The highest BCUT2D eigenvalue weighted by atomic mass is 16.6. The van der Waals surface area contributed by atoms with Crippen LogP contribution in [0.4, 0.5) is 17.1 Å². The summed E-state index contributed by atoms with van der Waals surface area (Å²) < 4.78 is 5.34. The standard InChI is InChI=1S/C14H19N3O3/c18-17(19)14-10-12(15-3-1-2-4-15)9-13(11-14)16-5-7-20-8-6-16/h9-11H,1-8H2. The van der Waals surface area contributed by atoms with Gasteiger partial charge in [0, 0.05) is 49.7 Å². The Kier molecular flexibility index (Phi) is 3.73. The largest absolute Gasteiger partial charge is 0.378 e. The SMILES string of the molecule is O=[N+]([O-])c1cc(N2CCCC2)cc(N2CCOCC2)c1. The van der Waals surface area contributed by atoms with Crippen molar-refractivity contribution in [2.45, 2.75) is 12.8 Å². The molecule has 0 radical (unpaired) electrons. The summed E-state index contributed by atoms with van der Waals surface area (Å²) in [6.07, 6.45) is 2.32. The highest BCUT2D eigenvalue weighted by Crippen LogP contribution is 2.31. The van der Waals surface area contributed by atoms with Crippen LogP contribution in [0.3, 0.4) is 0 Å². The minimum Gasteiger partial charge on any atom is -0.378 e. The lowest BCUT2D eigenvalue weighted by molar-refractivity contribution is -0.384. The Morgan fingerprint density at radius 1 is 0.950 bits per heavy atom. The van der Waals surface area contributed by atoms with Crippen molar-refractivity contribution in [3.05, 3.63) is 28.3 Å². The summed E-state index contributed by atoms with van der Waals surface area (Å²) in [6.45, 7) is 4.93. The molecule has 0 atom stereocenters. The molecule has 0 amide bonds. The highest BCUT2D eigenvalue weighted by molar-refractivity contribution is 5.66. The van der Waals surface area contributed by atoms with E-state index in [0.29, 0.717) is 13.2 Å². The lowest BCUT2D eigenvalue weighted by atomic mass is 10.2. The second kappa shape index (κ2) is 5.66. The van der Waals surface area contributed by atoms with Gasteiger partial charge in [-0.2, -0.15) is 0 Å². The van der Waals surface area contributed by atoms with Crippen molar-refractivity contribution >= 4 is 17.1 Å². The summed E-state index contributed by atoms with van der Waals surface area (Å²) in [5, 5.41) is 11.1. The van der Waals surface area contributed by atoms with Gasteiger partial charge in [0.15, 0.2) is 0 Å². The van der Waals surface area contributed by atoms with Crippen LogP contribution < -0.4 is 9.80 Å². The van der Waals surface area contributed by atoms with Gasteiger partial charge in [0.1, 0.15) is 0 Å². The van der Waals surface area contributed by atoms with E-state index in [4.69, 9.17) is 4.74 Å². The Labute approximate surface area is 118 Å². The molecule has 0 unspecified atom stereocenters. The van der Waals surface area contributed by atoms with Crippen molar-refractivity contribution in [1.82, 2.24) is 0 Å². The number of nitro benzene ring substituents is 1. The maximum absolute atomic E-state index is 11.1. The van der Waals surface area contributed by atoms with Crippen LogP contribution in [0.15, 0.2) is 18.2 Å². The van der Waals surface area contributed by atoms with Crippen LogP contribution in [0, 0.1) is 10.1 Å². The van der Waals surface area contributed by atoms with Gasteiger partial charge in [0.25, 0.3) is 5.69 Å². The molecule has 0 spiro atoms. The first-order chi connectivity index (χ1) is 9.74. The van der Waals surface area contributed by atoms with Crippen LogP contribution in [0.2, 0.25) is 0 Å². The number of nitrogens with zero attached hydrogens (tertiary/aromatic N) is 3. The smallest absolute Gasteiger partial charge is 0.273 e. The van der Waals surface area contributed by atoms with E-state index in [9.17, 15) is 10.1 Å². The van der Waals surface area contributed by atoms with Crippen LogP contribution in [-0.4, -0.2) is 44.3 Å². The Hall–Kier alpha value is -1.82.